The number of fused-ring (bicyclic) bond motifs is 1. The first kappa shape index (κ1) is 13.5. The summed E-state index contributed by atoms with van der Waals surface area (Å²) in [5.41, 5.74) is 2.94. The maximum absolute atomic E-state index is 10.7. The molecule has 6 nitrogen and oxygen atoms in total. The van der Waals surface area contributed by atoms with Crippen molar-refractivity contribution in [2.45, 2.75) is 13.0 Å². The second kappa shape index (κ2) is 5.24. The van der Waals surface area contributed by atoms with Gasteiger partial charge in [-0.05, 0) is 18.6 Å². The van der Waals surface area contributed by atoms with Crippen molar-refractivity contribution in [2.24, 2.45) is 0 Å². The van der Waals surface area contributed by atoms with Crippen molar-refractivity contribution in [1.29, 1.82) is 0 Å². The highest BCUT2D eigenvalue weighted by atomic mass is 16.3. The second-order valence-electron chi connectivity index (χ2n) is 5.39. The maximum Gasteiger partial charge on any atom is 0.154 e. The summed E-state index contributed by atoms with van der Waals surface area (Å²) in [5.74, 6) is 1.01. The minimum Gasteiger partial charge on any atom is -0.505 e. The normalized spacial score (nSPS) is 12.6. The molecular weight excluding hydrogens is 290 g/mol. The lowest BCUT2D eigenvalue weighted by Gasteiger charge is -2.22. The predicted molar refractivity (Wildman–Crippen MR) is 86.2 cm³/mol. The number of imidazole rings is 1. The second-order valence-corrected chi connectivity index (χ2v) is 5.39. The Bertz CT molecular complexity index is 957. The number of hydrogen-bond acceptors (Lipinski definition) is 4. The maximum atomic E-state index is 10.7. The summed E-state index contributed by atoms with van der Waals surface area (Å²) < 4.78 is 2.04. The lowest BCUT2D eigenvalue weighted by molar-refractivity contribution is 0.464. The van der Waals surface area contributed by atoms with Crippen LogP contribution in [-0.2, 0) is 0 Å². The molecule has 4 rings (SSSR count). The van der Waals surface area contributed by atoms with E-state index in [4.69, 9.17) is 0 Å². The molecule has 0 bridgehead atoms. The molecule has 2 N–H and O–H groups in total. The molecule has 1 atom stereocenters. The first-order chi connectivity index (χ1) is 11.3. The van der Waals surface area contributed by atoms with Crippen LogP contribution >= 0.6 is 0 Å². The van der Waals surface area contributed by atoms with Crippen LogP contribution in [0.3, 0.4) is 0 Å². The number of nitrogens with zero attached hydrogens (tertiary/aromatic N) is 4. The number of H-pyrrole nitrogens is 1. The minimum absolute atomic E-state index is 0.137. The Morgan fingerprint density at radius 1 is 1.09 bits per heavy atom. The van der Waals surface area contributed by atoms with Gasteiger partial charge in [-0.1, -0.05) is 36.4 Å². The Kier molecular flexibility index (Phi) is 3.08. The number of aromatic nitrogens is 5. The number of phenolic OH excluding ortho intramolecular Hbond substituents is 1. The SMILES string of the molecule is Cc1nccn1C(c1ccccc1)c1ccc2n[nH]nc2c1O. The number of rotatable bonds is 3. The number of aryl methyl sites for hydroxylation is 1. The topological polar surface area (TPSA) is 79.6 Å². The van der Waals surface area contributed by atoms with Gasteiger partial charge < -0.3 is 9.67 Å². The van der Waals surface area contributed by atoms with Gasteiger partial charge in [0.05, 0.1) is 6.04 Å². The van der Waals surface area contributed by atoms with E-state index in [-0.39, 0.29) is 11.8 Å². The lowest BCUT2D eigenvalue weighted by Crippen LogP contribution is -2.13. The van der Waals surface area contributed by atoms with E-state index in [0.29, 0.717) is 11.0 Å². The third-order valence-corrected chi connectivity index (χ3v) is 4.04. The molecule has 0 fully saturated rings. The van der Waals surface area contributed by atoms with Crippen LogP contribution in [0.15, 0.2) is 54.9 Å². The average molecular weight is 305 g/mol. The fourth-order valence-corrected chi connectivity index (χ4v) is 2.92. The van der Waals surface area contributed by atoms with Gasteiger partial charge in [0.2, 0.25) is 0 Å². The predicted octanol–water partition coefficient (Wildman–Crippen LogP) is 2.81. The van der Waals surface area contributed by atoms with Gasteiger partial charge in [0.15, 0.2) is 11.3 Å². The third-order valence-electron chi connectivity index (χ3n) is 4.04. The van der Waals surface area contributed by atoms with Crippen molar-refractivity contribution < 1.29 is 5.11 Å². The number of benzene rings is 2. The molecule has 4 aromatic rings. The number of aromatic hydroxyl groups is 1. The molecule has 23 heavy (non-hydrogen) atoms. The molecule has 6 heteroatoms. The van der Waals surface area contributed by atoms with Crippen LogP contribution in [0.4, 0.5) is 0 Å². The summed E-state index contributed by atoms with van der Waals surface area (Å²) in [7, 11) is 0. The number of nitrogens with one attached hydrogen (secondary N) is 1. The number of hydrogen-bond donors (Lipinski definition) is 2. The summed E-state index contributed by atoms with van der Waals surface area (Å²) in [5, 5.41) is 21.3. The van der Waals surface area contributed by atoms with E-state index >= 15 is 0 Å². The fourth-order valence-electron chi connectivity index (χ4n) is 2.92. The summed E-state index contributed by atoms with van der Waals surface area (Å²) >= 11 is 0. The molecule has 1 unspecified atom stereocenters. The van der Waals surface area contributed by atoms with Gasteiger partial charge in [0.25, 0.3) is 0 Å². The molecule has 0 saturated heterocycles. The van der Waals surface area contributed by atoms with Crippen LogP contribution in [-0.4, -0.2) is 30.1 Å². The Morgan fingerprint density at radius 3 is 2.65 bits per heavy atom. The zero-order valence-corrected chi connectivity index (χ0v) is 12.5. The standard InChI is InChI=1S/C17H15N5O/c1-11-18-9-10-22(11)16(12-5-3-2-4-6-12)13-7-8-14-15(17(13)23)20-21-19-14/h2-10,16,23H,1H3,(H,19,20,21). The largest absolute Gasteiger partial charge is 0.505 e. The van der Waals surface area contributed by atoms with E-state index < -0.39 is 0 Å². The Hall–Kier alpha value is -3.15. The van der Waals surface area contributed by atoms with Crippen molar-refractivity contribution in [3.63, 3.8) is 0 Å². The van der Waals surface area contributed by atoms with Crippen molar-refractivity contribution in [3.8, 4) is 5.75 Å². The molecular formula is C17H15N5O. The third kappa shape index (κ3) is 2.15. The molecule has 2 aromatic carbocycles. The van der Waals surface area contributed by atoms with Crippen LogP contribution in [0.5, 0.6) is 5.75 Å². The van der Waals surface area contributed by atoms with Crippen LogP contribution < -0.4 is 0 Å². The van der Waals surface area contributed by atoms with Crippen LogP contribution in [0.1, 0.15) is 23.0 Å². The van der Waals surface area contributed by atoms with E-state index in [1.807, 2.05) is 60.2 Å². The summed E-state index contributed by atoms with van der Waals surface area (Å²) in [4.78, 5) is 4.32. The fraction of sp³-hybridized carbons (Fsp3) is 0.118. The van der Waals surface area contributed by atoms with Gasteiger partial charge in [-0.2, -0.15) is 15.4 Å². The van der Waals surface area contributed by atoms with Crippen LogP contribution in [0, 0.1) is 6.92 Å². The first-order valence-corrected chi connectivity index (χ1v) is 7.32. The molecule has 2 heterocycles. The molecule has 114 valence electrons. The van der Waals surface area contributed by atoms with Gasteiger partial charge in [-0.25, -0.2) is 4.98 Å². The first-order valence-electron chi connectivity index (χ1n) is 7.32. The van der Waals surface area contributed by atoms with Gasteiger partial charge >= 0.3 is 0 Å². The highest BCUT2D eigenvalue weighted by Crippen LogP contribution is 2.36. The van der Waals surface area contributed by atoms with Crippen molar-refractivity contribution in [2.75, 3.05) is 0 Å². The Morgan fingerprint density at radius 2 is 1.91 bits per heavy atom. The number of phenols is 1. The molecule has 2 aromatic heterocycles. The van der Waals surface area contributed by atoms with Gasteiger partial charge in [-0.3, -0.25) is 0 Å². The molecule has 0 aliphatic heterocycles. The summed E-state index contributed by atoms with van der Waals surface area (Å²) in [6.45, 7) is 1.95. The zero-order chi connectivity index (χ0) is 15.8. The van der Waals surface area contributed by atoms with Gasteiger partial charge in [-0.15, -0.1) is 0 Å². The van der Waals surface area contributed by atoms with E-state index in [1.165, 1.54) is 0 Å². The Labute approximate surface area is 132 Å². The van der Waals surface area contributed by atoms with Crippen molar-refractivity contribution in [3.05, 3.63) is 71.8 Å². The van der Waals surface area contributed by atoms with E-state index in [9.17, 15) is 5.11 Å². The van der Waals surface area contributed by atoms with Crippen molar-refractivity contribution in [1.82, 2.24) is 25.0 Å². The minimum atomic E-state index is -0.181. The molecule has 0 aliphatic carbocycles. The molecule has 0 radical (unpaired) electrons. The molecule has 0 saturated carbocycles. The van der Waals surface area contributed by atoms with E-state index in [2.05, 4.69) is 20.4 Å². The van der Waals surface area contributed by atoms with Gasteiger partial charge in [0, 0.05) is 18.0 Å². The Balaban J connectivity index is 1.97. The van der Waals surface area contributed by atoms with Crippen LogP contribution in [0.25, 0.3) is 11.0 Å². The quantitative estimate of drug-likeness (QED) is 0.610. The average Bonchev–Trinajstić information content (AvgIpc) is 3.21. The number of aromatic amines is 1. The van der Waals surface area contributed by atoms with Crippen molar-refractivity contribution >= 4 is 11.0 Å². The monoisotopic (exact) mass is 305 g/mol. The lowest BCUT2D eigenvalue weighted by atomic mass is 9.97. The summed E-state index contributed by atoms with van der Waals surface area (Å²) in [6.07, 6.45) is 3.68. The van der Waals surface area contributed by atoms with E-state index in [1.54, 1.807) is 6.20 Å². The summed E-state index contributed by atoms with van der Waals surface area (Å²) in [6, 6.07) is 13.6. The molecule has 0 spiro atoms. The zero-order valence-electron chi connectivity index (χ0n) is 12.5. The van der Waals surface area contributed by atoms with Gasteiger partial charge in [0.1, 0.15) is 11.3 Å². The smallest absolute Gasteiger partial charge is 0.154 e. The molecule has 0 amide bonds. The van der Waals surface area contributed by atoms with E-state index in [0.717, 1.165) is 17.0 Å². The highest BCUT2D eigenvalue weighted by Gasteiger charge is 2.23. The van der Waals surface area contributed by atoms with Crippen LogP contribution in [0.2, 0.25) is 0 Å². The molecule has 0 aliphatic rings. The highest BCUT2D eigenvalue weighted by molar-refractivity contribution is 5.82.